The van der Waals surface area contributed by atoms with Gasteiger partial charge in [0.05, 0.1) is 17.2 Å². The number of nitrogens with two attached hydrogens (primary N) is 1. The summed E-state index contributed by atoms with van der Waals surface area (Å²) in [5.74, 6) is -0.705. The molecule has 1 amide bonds. The van der Waals surface area contributed by atoms with Gasteiger partial charge in [0.2, 0.25) is 0 Å². The molecule has 2 N–H and O–H groups in total. The lowest BCUT2D eigenvalue weighted by molar-refractivity contribution is -0.137. The van der Waals surface area contributed by atoms with Gasteiger partial charge in [-0.1, -0.05) is 6.07 Å². The molecule has 0 aliphatic carbocycles. The molecule has 1 unspecified atom stereocenters. The fourth-order valence-corrected chi connectivity index (χ4v) is 2.26. The van der Waals surface area contributed by atoms with Crippen molar-refractivity contribution in [1.82, 2.24) is 0 Å². The lowest BCUT2D eigenvalue weighted by Crippen LogP contribution is -2.27. The van der Waals surface area contributed by atoms with E-state index in [9.17, 15) is 18.0 Å². The van der Waals surface area contributed by atoms with Crippen molar-refractivity contribution >= 4 is 17.3 Å². The van der Waals surface area contributed by atoms with Crippen molar-refractivity contribution in [2.75, 3.05) is 11.6 Å². The first-order valence-corrected chi connectivity index (χ1v) is 6.61. The summed E-state index contributed by atoms with van der Waals surface area (Å²) in [6.07, 6.45) is -3.23. The maximum atomic E-state index is 12.7. The van der Waals surface area contributed by atoms with Crippen LogP contribution in [-0.4, -0.2) is 18.2 Å². The third-order valence-corrected chi connectivity index (χ3v) is 3.38. The van der Waals surface area contributed by atoms with Crippen LogP contribution in [-0.2, 0) is 11.0 Å². The molecule has 0 spiro atoms. The SMILES string of the molecule is CC1=NN(c2cccc(C(F)(F)F)c2)C(=O)C1CCCN. The van der Waals surface area contributed by atoms with E-state index in [1.807, 2.05) is 0 Å². The molecule has 1 aliphatic rings. The zero-order valence-electron chi connectivity index (χ0n) is 11.5. The van der Waals surface area contributed by atoms with Crippen LogP contribution in [0.4, 0.5) is 18.9 Å². The number of hydrogen-bond donors (Lipinski definition) is 1. The number of nitrogens with zero attached hydrogens (tertiary/aromatic N) is 2. The van der Waals surface area contributed by atoms with E-state index in [0.29, 0.717) is 25.1 Å². The zero-order chi connectivity index (χ0) is 15.6. The number of halogens is 3. The Balaban J connectivity index is 2.26. The van der Waals surface area contributed by atoms with Gasteiger partial charge >= 0.3 is 6.18 Å². The van der Waals surface area contributed by atoms with E-state index in [1.54, 1.807) is 6.92 Å². The molecule has 1 heterocycles. The average molecular weight is 299 g/mol. The fourth-order valence-electron chi connectivity index (χ4n) is 2.26. The number of carbonyl (C=O) groups is 1. The summed E-state index contributed by atoms with van der Waals surface area (Å²) >= 11 is 0. The van der Waals surface area contributed by atoms with E-state index in [0.717, 1.165) is 17.1 Å². The minimum Gasteiger partial charge on any atom is -0.330 e. The molecule has 114 valence electrons. The molecule has 21 heavy (non-hydrogen) atoms. The molecule has 4 nitrogen and oxygen atoms in total. The van der Waals surface area contributed by atoms with E-state index in [-0.39, 0.29) is 11.6 Å². The van der Waals surface area contributed by atoms with Crippen molar-refractivity contribution in [1.29, 1.82) is 0 Å². The molecule has 1 aliphatic heterocycles. The predicted molar refractivity (Wildman–Crippen MR) is 73.8 cm³/mol. The van der Waals surface area contributed by atoms with Gasteiger partial charge in [0.15, 0.2) is 0 Å². The molecule has 1 atom stereocenters. The minimum absolute atomic E-state index is 0.129. The highest BCUT2D eigenvalue weighted by molar-refractivity contribution is 6.14. The lowest BCUT2D eigenvalue weighted by Gasteiger charge is -2.16. The van der Waals surface area contributed by atoms with Crippen LogP contribution in [0.5, 0.6) is 0 Å². The van der Waals surface area contributed by atoms with Crippen LogP contribution in [0.25, 0.3) is 0 Å². The van der Waals surface area contributed by atoms with E-state index in [4.69, 9.17) is 5.73 Å². The third kappa shape index (κ3) is 3.24. The van der Waals surface area contributed by atoms with Gasteiger partial charge in [0.25, 0.3) is 5.91 Å². The van der Waals surface area contributed by atoms with Crippen molar-refractivity contribution in [2.24, 2.45) is 16.8 Å². The first-order chi connectivity index (χ1) is 9.84. The second-order valence-corrected chi connectivity index (χ2v) is 4.92. The standard InChI is InChI=1S/C14H16F3N3O/c1-9-12(6-3-7-18)13(21)20(19-9)11-5-2-4-10(8-11)14(15,16)17/h2,4-5,8,12H,3,6-7,18H2,1H3. The monoisotopic (exact) mass is 299 g/mol. The number of anilines is 1. The molecule has 1 aromatic rings. The Morgan fingerprint density at radius 3 is 2.71 bits per heavy atom. The van der Waals surface area contributed by atoms with Crippen LogP contribution in [0.2, 0.25) is 0 Å². The van der Waals surface area contributed by atoms with Gasteiger partial charge in [-0.15, -0.1) is 0 Å². The van der Waals surface area contributed by atoms with Gasteiger partial charge in [-0.25, -0.2) is 5.01 Å². The van der Waals surface area contributed by atoms with Gasteiger partial charge in [0.1, 0.15) is 0 Å². The van der Waals surface area contributed by atoms with Gasteiger partial charge in [-0.05, 0) is 44.5 Å². The summed E-state index contributed by atoms with van der Waals surface area (Å²) in [6, 6.07) is 4.60. The summed E-state index contributed by atoms with van der Waals surface area (Å²) in [7, 11) is 0. The van der Waals surface area contributed by atoms with Gasteiger partial charge in [-0.2, -0.15) is 18.3 Å². The molecule has 1 aromatic carbocycles. The molecule has 7 heteroatoms. The normalized spacial score (nSPS) is 19.1. The number of carbonyl (C=O) groups excluding carboxylic acids is 1. The lowest BCUT2D eigenvalue weighted by atomic mass is 9.98. The highest BCUT2D eigenvalue weighted by Crippen LogP contribution is 2.33. The Morgan fingerprint density at radius 2 is 2.10 bits per heavy atom. The molecule has 0 aromatic heterocycles. The molecule has 0 radical (unpaired) electrons. The smallest absolute Gasteiger partial charge is 0.330 e. The quantitative estimate of drug-likeness (QED) is 0.929. The first-order valence-electron chi connectivity index (χ1n) is 6.61. The Morgan fingerprint density at radius 1 is 1.38 bits per heavy atom. The van der Waals surface area contributed by atoms with Crippen LogP contribution in [0.3, 0.4) is 0 Å². The maximum Gasteiger partial charge on any atom is 0.416 e. The van der Waals surface area contributed by atoms with Crippen molar-refractivity contribution in [3.8, 4) is 0 Å². The molecular weight excluding hydrogens is 283 g/mol. The average Bonchev–Trinajstić information content (AvgIpc) is 2.71. The summed E-state index contributed by atoms with van der Waals surface area (Å²) in [5.41, 5.74) is 5.35. The van der Waals surface area contributed by atoms with Crippen LogP contribution < -0.4 is 10.7 Å². The molecule has 0 saturated heterocycles. The van der Waals surface area contributed by atoms with E-state index < -0.39 is 17.7 Å². The zero-order valence-corrected chi connectivity index (χ0v) is 11.5. The highest BCUT2D eigenvalue weighted by Gasteiger charge is 2.35. The number of hydrazone groups is 1. The third-order valence-electron chi connectivity index (χ3n) is 3.38. The summed E-state index contributed by atoms with van der Waals surface area (Å²) < 4.78 is 38.2. The topological polar surface area (TPSA) is 58.7 Å². The summed E-state index contributed by atoms with van der Waals surface area (Å²) in [4.78, 5) is 12.3. The van der Waals surface area contributed by atoms with Crippen LogP contribution in [0.1, 0.15) is 25.3 Å². The second-order valence-electron chi connectivity index (χ2n) is 4.92. The Bertz CT molecular complexity index is 569. The number of hydrogen-bond acceptors (Lipinski definition) is 3. The molecular formula is C14H16F3N3O. The van der Waals surface area contributed by atoms with Crippen molar-refractivity contribution in [2.45, 2.75) is 25.9 Å². The molecule has 0 saturated carbocycles. The first kappa shape index (κ1) is 15.5. The number of benzene rings is 1. The molecule has 2 rings (SSSR count). The Kier molecular flexibility index (Phi) is 4.32. The number of rotatable bonds is 4. The fraction of sp³-hybridized carbons (Fsp3) is 0.429. The van der Waals surface area contributed by atoms with Crippen molar-refractivity contribution in [3.05, 3.63) is 29.8 Å². The van der Waals surface area contributed by atoms with Gasteiger partial charge in [0, 0.05) is 5.71 Å². The van der Waals surface area contributed by atoms with Crippen molar-refractivity contribution in [3.63, 3.8) is 0 Å². The Hall–Kier alpha value is -1.89. The predicted octanol–water partition coefficient (Wildman–Crippen LogP) is 2.78. The van der Waals surface area contributed by atoms with Crippen LogP contribution >= 0.6 is 0 Å². The van der Waals surface area contributed by atoms with Crippen molar-refractivity contribution < 1.29 is 18.0 Å². The minimum atomic E-state index is -4.45. The van der Waals surface area contributed by atoms with Gasteiger partial charge < -0.3 is 5.73 Å². The van der Waals surface area contributed by atoms with Crippen LogP contribution in [0, 0.1) is 5.92 Å². The summed E-state index contributed by atoms with van der Waals surface area (Å²) in [6.45, 7) is 2.16. The van der Waals surface area contributed by atoms with Gasteiger partial charge in [-0.3, -0.25) is 4.79 Å². The largest absolute Gasteiger partial charge is 0.416 e. The van der Waals surface area contributed by atoms with Crippen LogP contribution in [0.15, 0.2) is 29.4 Å². The summed E-state index contributed by atoms with van der Waals surface area (Å²) in [5, 5.41) is 5.14. The molecule has 0 fully saturated rings. The van der Waals surface area contributed by atoms with E-state index >= 15 is 0 Å². The molecule has 0 bridgehead atoms. The Labute approximate surface area is 120 Å². The maximum absolute atomic E-state index is 12.7. The number of alkyl halides is 3. The number of amides is 1. The van der Waals surface area contributed by atoms with E-state index in [2.05, 4.69) is 5.10 Å². The second kappa shape index (κ2) is 5.85. The highest BCUT2D eigenvalue weighted by atomic mass is 19.4. The van der Waals surface area contributed by atoms with E-state index in [1.165, 1.54) is 12.1 Å².